The van der Waals surface area contributed by atoms with Crippen molar-refractivity contribution in [1.29, 1.82) is 0 Å². The Morgan fingerprint density at radius 3 is 2.76 bits per heavy atom. The minimum atomic E-state index is -1.36. The average molecular weight is 292 g/mol. The van der Waals surface area contributed by atoms with Gasteiger partial charge in [0.2, 0.25) is 0 Å². The molecule has 0 bridgehead atoms. The molecule has 1 aromatic heterocycles. The van der Waals surface area contributed by atoms with Gasteiger partial charge in [0.15, 0.2) is 0 Å². The molecule has 2 amide bonds. The third-order valence-electron chi connectivity index (χ3n) is 2.82. The minimum Gasteiger partial charge on any atom is -0.478 e. The fraction of sp³-hybridized carbons (Fsp3) is 0.154. The summed E-state index contributed by atoms with van der Waals surface area (Å²) in [6, 6.07) is 2.53. The number of benzene rings is 1. The van der Waals surface area contributed by atoms with Gasteiger partial charge in [-0.15, -0.1) is 0 Å². The molecule has 0 saturated heterocycles. The van der Waals surface area contributed by atoms with Gasteiger partial charge in [-0.1, -0.05) is 0 Å². The first kappa shape index (κ1) is 14.5. The van der Waals surface area contributed by atoms with Crippen molar-refractivity contribution in [3.63, 3.8) is 0 Å². The SMILES string of the molecule is CC(NC(=O)Nc1ccc(C(=O)O)c(F)c1)c1cn[nH]c1. The molecule has 0 fully saturated rings. The summed E-state index contributed by atoms with van der Waals surface area (Å²) in [5.74, 6) is -2.28. The molecule has 8 heteroatoms. The van der Waals surface area contributed by atoms with Gasteiger partial charge in [0.25, 0.3) is 0 Å². The van der Waals surface area contributed by atoms with Crippen molar-refractivity contribution in [2.75, 3.05) is 5.32 Å². The number of urea groups is 1. The molecular weight excluding hydrogens is 279 g/mol. The van der Waals surface area contributed by atoms with Crippen LogP contribution in [0.1, 0.15) is 28.9 Å². The summed E-state index contributed by atoms with van der Waals surface area (Å²) in [4.78, 5) is 22.4. The van der Waals surface area contributed by atoms with E-state index in [-0.39, 0.29) is 11.7 Å². The van der Waals surface area contributed by atoms with Gasteiger partial charge < -0.3 is 15.7 Å². The van der Waals surface area contributed by atoms with E-state index in [4.69, 9.17) is 5.11 Å². The van der Waals surface area contributed by atoms with Gasteiger partial charge in [-0.3, -0.25) is 5.10 Å². The lowest BCUT2D eigenvalue weighted by atomic mass is 10.2. The Morgan fingerprint density at radius 2 is 2.19 bits per heavy atom. The number of amides is 2. The van der Waals surface area contributed by atoms with Crippen molar-refractivity contribution in [3.8, 4) is 0 Å². The highest BCUT2D eigenvalue weighted by Gasteiger charge is 2.13. The molecule has 0 spiro atoms. The Labute approximate surface area is 119 Å². The van der Waals surface area contributed by atoms with Crippen molar-refractivity contribution >= 4 is 17.7 Å². The van der Waals surface area contributed by atoms with Crippen LogP contribution in [0.3, 0.4) is 0 Å². The van der Waals surface area contributed by atoms with Crippen LogP contribution in [-0.4, -0.2) is 27.3 Å². The van der Waals surface area contributed by atoms with Crippen molar-refractivity contribution in [2.24, 2.45) is 0 Å². The molecule has 1 aromatic carbocycles. The number of rotatable bonds is 4. The lowest BCUT2D eigenvalue weighted by Crippen LogP contribution is -2.31. The van der Waals surface area contributed by atoms with Crippen LogP contribution in [-0.2, 0) is 0 Å². The topological polar surface area (TPSA) is 107 Å². The van der Waals surface area contributed by atoms with Gasteiger partial charge in [-0.25, -0.2) is 14.0 Å². The molecule has 7 nitrogen and oxygen atoms in total. The van der Waals surface area contributed by atoms with E-state index in [2.05, 4.69) is 20.8 Å². The molecule has 4 N–H and O–H groups in total. The number of hydrogen-bond donors (Lipinski definition) is 4. The number of halogens is 1. The number of anilines is 1. The largest absolute Gasteiger partial charge is 0.478 e. The highest BCUT2D eigenvalue weighted by atomic mass is 19.1. The van der Waals surface area contributed by atoms with E-state index in [0.29, 0.717) is 0 Å². The number of carbonyl (C=O) groups excluding carboxylic acids is 1. The molecule has 0 aliphatic rings. The number of aromatic carboxylic acids is 1. The number of carboxylic acid groups (broad SMARTS) is 1. The van der Waals surface area contributed by atoms with E-state index in [1.165, 1.54) is 6.07 Å². The second-order valence-electron chi connectivity index (χ2n) is 4.35. The van der Waals surface area contributed by atoms with Crippen molar-refractivity contribution in [3.05, 3.63) is 47.5 Å². The van der Waals surface area contributed by atoms with E-state index in [1.807, 2.05) is 0 Å². The van der Waals surface area contributed by atoms with Gasteiger partial charge in [0.1, 0.15) is 5.82 Å². The summed E-state index contributed by atoms with van der Waals surface area (Å²) in [5.41, 5.74) is 0.500. The number of aromatic nitrogens is 2. The maximum atomic E-state index is 13.5. The fourth-order valence-electron chi connectivity index (χ4n) is 1.71. The van der Waals surface area contributed by atoms with Gasteiger partial charge >= 0.3 is 12.0 Å². The second-order valence-corrected chi connectivity index (χ2v) is 4.35. The molecule has 1 atom stereocenters. The lowest BCUT2D eigenvalue weighted by Gasteiger charge is -2.13. The Morgan fingerprint density at radius 1 is 1.43 bits per heavy atom. The monoisotopic (exact) mass is 292 g/mol. The molecule has 1 heterocycles. The Balaban J connectivity index is 2.00. The summed E-state index contributed by atoms with van der Waals surface area (Å²) in [6.45, 7) is 1.76. The summed E-state index contributed by atoms with van der Waals surface area (Å²) in [5, 5.41) is 20.2. The van der Waals surface area contributed by atoms with Gasteiger partial charge in [0.05, 0.1) is 17.8 Å². The minimum absolute atomic E-state index is 0.161. The highest BCUT2D eigenvalue weighted by molar-refractivity contribution is 5.91. The fourth-order valence-corrected chi connectivity index (χ4v) is 1.71. The van der Waals surface area contributed by atoms with Crippen LogP contribution >= 0.6 is 0 Å². The van der Waals surface area contributed by atoms with Crippen LogP contribution in [0.2, 0.25) is 0 Å². The number of nitrogens with one attached hydrogen (secondary N) is 3. The molecule has 0 radical (unpaired) electrons. The molecular formula is C13H13FN4O3. The zero-order valence-corrected chi connectivity index (χ0v) is 11.1. The van der Waals surface area contributed by atoms with Crippen LogP contribution < -0.4 is 10.6 Å². The summed E-state index contributed by atoms with van der Waals surface area (Å²) in [6.07, 6.45) is 3.22. The normalized spacial score (nSPS) is 11.7. The van der Waals surface area contributed by atoms with Crippen LogP contribution in [0.15, 0.2) is 30.6 Å². The zero-order valence-electron chi connectivity index (χ0n) is 11.1. The molecule has 0 saturated carbocycles. The van der Waals surface area contributed by atoms with Crippen molar-refractivity contribution in [1.82, 2.24) is 15.5 Å². The standard InChI is InChI=1S/C13H13FN4O3/c1-7(8-5-15-16-6-8)17-13(21)18-9-2-3-10(12(19)20)11(14)4-9/h2-7H,1H3,(H,15,16)(H,19,20)(H2,17,18,21). The molecule has 1 unspecified atom stereocenters. The second kappa shape index (κ2) is 6.04. The smallest absolute Gasteiger partial charge is 0.338 e. The van der Waals surface area contributed by atoms with Gasteiger partial charge in [-0.05, 0) is 25.1 Å². The van der Waals surface area contributed by atoms with Crippen LogP contribution in [0.5, 0.6) is 0 Å². The van der Waals surface area contributed by atoms with Crippen LogP contribution in [0, 0.1) is 5.82 Å². The van der Waals surface area contributed by atoms with Crippen molar-refractivity contribution in [2.45, 2.75) is 13.0 Å². The third-order valence-corrected chi connectivity index (χ3v) is 2.82. The number of carboxylic acids is 1. The first-order chi connectivity index (χ1) is 9.97. The van der Waals surface area contributed by atoms with Gasteiger partial charge in [0, 0.05) is 17.4 Å². The average Bonchev–Trinajstić information content (AvgIpc) is 2.91. The van der Waals surface area contributed by atoms with E-state index >= 15 is 0 Å². The van der Waals surface area contributed by atoms with Crippen LogP contribution in [0.4, 0.5) is 14.9 Å². The number of nitrogens with zero attached hydrogens (tertiary/aromatic N) is 1. The van der Waals surface area contributed by atoms with Crippen molar-refractivity contribution < 1.29 is 19.1 Å². The van der Waals surface area contributed by atoms with Crippen LogP contribution in [0.25, 0.3) is 0 Å². The summed E-state index contributed by atoms with van der Waals surface area (Å²) < 4.78 is 13.5. The predicted octanol–water partition coefficient (Wildman–Crippen LogP) is 2.13. The predicted molar refractivity (Wildman–Crippen MR) is 72.5 cm³/mol. The maximum absolute atomic E-state index is 13.5. The molecule has 2 rings (SSSR count). The van der Waals surface area contributed by atoms with E-state index in [0.717, 1.165) is 17.7 Å². The molecule has 0 aliphatic heterocycles. The molecule has 21 heavy (non-hydrogen) atoms. The Kier molecular flexibility index (Phi) is 4.17. The molecule has 0 aliphatic carbocycles. The molecule has 110 valence electrons. The summed E-state index contributed by atoms with van der Waals surface area (Å²) in [7, 11) is 0. The Bertz CT molecular complexity index is 657. The molecule has 2 aromatic rings. The van der Waals surface area contributed by atoms with Gasteiger partial charge in [-0.2, -0.15) is 5.10 Å². The number of aromatic amines is 1. The number of H-pyrrole nitrogens is 1. The maximum Gasteiger partial charge on any atom is 0.338 e. The zero-order chi connectivity index (χ0) is 15.4. The lowest BCUT2D eigenvalue weighted by molar-refractivity contribution is 0.0692. The Hall–Kier alpha value is -2.90. The van der Waals surface area contributed by atoms with E-state index in [9.17, 15) is 14.0 Å². The highest BCUT2D eigenvalue weighted by Crippen LogP contribution is 2.15. The first-order valence-electron chi connectivity index (χ1n) is 6.06. The quantitative estimate of drug-likeness (QED) is 0.692. The number of hydrogen-bond acceptors (Lipinski definition) is 3. The van der Waals surface area contributed by atoms with E-state index in [1.54, 1.807) is 19.3 Å². The first-order valence-corrected chi connectivity index (χ1v) is 6.06. The number of carbonyl (C=O) groups is 2. The van der Waals surface area contributed by atoms with E-state index < -0.39 is 23.4 Å². The summed E-state index contributed by atoms with van der Waals surface area (Å²) >= 11 is 0. The third kappa shape index (κ3) is 3.56.